The van der Waals surface area contributed by atoms with Crippen molar-refractivity contribution in [1.29, 1.82) is 0 Å². The van der Waals surface area contributed by atoms with E-state index in [0.29, 0.717) is 0 Å². The Balaban J connectivity index is 2.64. The van der Waals surface area contributed by atoms with E-state index in [2.05, 4.69) is 17.4 Å². The monoisotopic (exact) mass is 110 g/mol. The minimum absolute atomic E-state index is 0.124. The summed E-state index contributed by atoms with van der Waals surface area (Å²) in [5.74, 6) is -0.124. The minimum atomic E-state index is -0.124. The van der Waals surface area contributed by atoms with Crippen LogP contribution < -0.4 is 10.9 Å². The van der Waals surface area contributed by atoms with E-state index in [0.717, 1.165) is 5.70 Å². The number of hydrogen-bond acceptors (Lipinski definition) is 3. The van der Waals surface area contributed by atoms with Gasteiger partial charge >= 0.3 is 0 Å². The van der Waals surface area contributed by atoms with Gasteiger partial charge in [0.15, 0.2) is 12.3 Å². The fourth-order valence-electron chi connectivity index (χ4n) is 0.460. The lowest BCUT2D eigenvalue weighted by Crippen LogP contribution is -2.34. The molecule has 1 rings (SSSR count). The van der Waals surface area contributed by atoms with E-state index >= 15 is 0 Å². The second-order valence-electron chi connectivity index (χ2n) is 1.57. The molecule has 0 aromatic heterocycles. The van der Waals surface area contributed by atoms with Crippen LogP contribution in [0.4, 0.5) is 0 Å². The van der Waals surface area contributed by atoms with E-state index in [9.17, 15) is 4.79 Å². The van der Waals surface area contributed by atoms with Gasteiger partial charge in [-0.3, -0.25) is 4.79 Å². The maximum absolute atomic E-state index is 10.4. The molecular weight excluding hydrogens is 104 g/mol. The number of rotatable bonds is 0. The molecule has 1 heterocycles. The molecular formula is C5H6N2O. The van der Waals surface area contributed by atoms with Gasteiger partial charge < -0.3 is 5.43 Å². The first-order chi connectivity index (χ1) is 3.79. The Bertz CT molecular complexity index is 139. The van der Waals surface area contributed by atoms with Gasteiger partial charge in [-0.25, -0.2) is 5.43 Å². The summed E-state index contributed by atoms with van der Waals surface area (Å²) in [6, 6.07) is 0. The van der Waals surface area contributed by atoms with E-state index in [1.807, 2.05) is 0 Å². The highest BCUT2D eigenvalue weighted by molar-refractivity contribution is 5.97. The Kier molecular flexibility index (Phi) is 1.30. The molecule has 3 nitrogen and oxygen atoms in total. The van der Waals surface area contributed by atoms with Crippen LogP contribution in [0.5, 0.6) is 0 Å². The van der Waals surface area contributed by atoms with E-state index in [4.69, 9.17) is 0 Å². The molecule has 0 aliphatic carbocycles. The molecule has 0 unspecified atom stereocenters. The zero-order valence-corrected chi connectivity index (χ0v) is 4.49. The number of hydrazine groups is 1. The fraction of sp³-hybridized carbons (Fsp3) is 0.200. The third-order valence-corrected chi connectivity index (χ3v) is 0.793. The van der Waals surface area contributed by atoms with Gasteiger partial charge in [-0.05, 0) is 6.92 Å². The largest absolute Gasteiger partial charge is 0.325 e. The third kappa shape index (κ3) is 1.07. The first kappa shape index (κ1) is 5.31. The van der Waals surface area contributed by atoms with Gasteiger partial charge in [-0.1, -0.05) is 0 Å². The van der Waals surface area contributed by atoms with Crippen LogP contribution in [0.2, 0.25) is 0 Å². The molecule has 0 aromatic carbocycles. The van der Waals surface area contributed by atoms with Gasteiger partial charge in [0.25, 0.3) is 0 Å². The Morgan fingerprint density at radius 2 is 2.50 bits per heavy atom. The smallest absolute Gasteiger partial charge is 0.184 e. The van der Waals surface area contributed by atoms with E-state index in [1.54, 1.807) is 6.92 Å². The molecule has 42 valence electrons. The number of carbonyl (C=O) groups excluding carboxylic acids is 1. The summed E-state index contributed by atoms with van der Waals surface area (Å²) < 4.78 is 0. The van der Waals surface area contributed by atoms with Crippen LogP contribution in [0.3, 0.4) is 0 Å². The molecule has 0 spiro atoms. The van der Waals surface area contributed by atoms with Crippen molar-refractivity contribution in [2.75, 3.05) is 0 Å². The minimum Gasteiger partial charge on any atom is -0.325 e. The highest BCUT2D eigenvalue weighted by atomic mass is 16.1. The van der Waals surface area contributed by atoms with Crippen molar-refractivity contribution in [1.82, 2.24) is 10.9 Å². The van der Waals surface area contributed by atoms with Crippen molar-refractivity contribution < 1.29 is 4.79 Å². The second-order valence-corrected chi connectivity index (χ2v) is 1.57. The van der Waals surface area contributed by atoms with Gasteiger partial charge in [-0.15, -0.1) is 0 Å². The van der Waals surface area contributed by atoms with Crippen molar-refractivity contribution >= 4 is 5.78 Å². The highest BCUT2D eigenvalue weighted by Gasteiger charge is 2.04. The Morgan fingerprint density at radius 3 is 2.88 bits per heavy atom. The summed E-state index contributed by atoms with van der Waals surface area (Å²) in [6.45, 7) is 4.13. The Morgan fingerprint density at radius 1 is 1.75 bits per heavy atom. The SMILES string of the molecule is CC1=CC(=O)[C]NN1. The van der Waals surface area contributed by atoms with Crippen molar-refractivity contribution in [2.45, 2.75) is 6.92 Å². The van der Waals surface area contributed by atoms with Gasteiger partial charge in [0.05, 0.1) is 0 Å². The maximum atomic E-state index is 10.4. The molecule has 0 atom stereocenters. The predicted molar refractivity (Wildman–Crippen MR) is 28.3 cm³/mol. The average molecular weight is 110 g/mol. The zero-order chi connectivity index (χ0) is 5.98. The molecule has 0 bridgehead atoms. The van der Waals surface area contributed by atoms with E-state index in [1.165, 1.54) is 6.08 Å². The zero-order valence-electron chi connectivity index (χ0n) is 4.49. The van der Waals surface area contributed by atoms with Crippen molar-refractivity contribution in [2.24, 2.45) is 0 Å². The first-order valence-corrected chi connectivity index (χ1v) is 2.28. The summed E-state index contributed by atoms with van der Waals surface area (Å²) in [6.07, 6.45) is 1.47. The van der Waals surface area contributed by atoms with E-state index < -0.39 is 0 Å². The summed E-state index contributed by atoms with van der Waals surface area (Å²) >= 11 is 0. The average Bonchev–Trinajstić information content (AvgIpc) is 1.64. The molecule has 0 saturated heterocycles. The molecule has 1 aliphatic rings. The van der Waals surface area contributed by atoms with Crippen LogP contribution >= 0.6 is 0 Å². The molecule has 1 aliphatic heterocycles. The van der Waals surface area contributed by atoms with Crippen LogP contribution in [0, 0.1) is 6.54 Å². The number of carbonyl (C=O) groups is 1. The summed E-state index contributed by atoms with van der Waals surface area (Å²) in [5.41, 5.74) is 5.97. The molecule has 0 saturated carbocycles. The van der Waals surface area contributed by atoms with Crippen LogP contribution in [-0.4, -0.2) is 5.78 Å². The molecule has 0 aromatic rings. The first-order valence-electron chi connectivity index (χ1n) is 2.28. The van der Waals surface area contributed by atoms with Gasteiger partial charge in [0.2, 0.25) is 0 Å². The summed E-state index contributed by atoms with van der Waals surface area (Å²) in [4.78, 5) is 10.4. The van der Waals surface area contributed by atoms with Gasteiger partial charge in [0, 0.05) is 11.8 Å². The Hall–Kier alpha value is -0.830. The molecule has 2 N–H and O–H groups in total. The normalized spacial score (nSPS) is 19.6. The molecule has 0 fully saturated rings. The lowest BCUT2D eigenvalue weighted by molar-refractivity contribution is -0.112. The topological polar surface area (TPSA) is 41.1 Å². The van der Waals surface area contributed by atoms with E-state index in [-0.39, 0.29) is 5.78 Å². The predicted octanol–water partition coefficient (Wildman–Crippen LogP) is -0.394. The van der Waals surface area contributed by atoms with Gasteiger partial charge in [0.1, 0.15) is 0 Å². The van der Waals surface area contributed by atoms with Crippen molar-refractivity contribution in [3.05, 3.63) is 18.3 Å². The number of nitrogens with one attached hydrogen (secondary N) is 2. The molecule has 8 heavy (non-hydrogen) atoms. The van der Waals surface area contributed by atoms with Crippen molar-refractivity contribution in [3.63, 3.8) is 0 Å². The fourth-order valence-corrected chi connectivity index (χ4v) is 0.460. The highest BCUT2D eigenvalue weighted by Crippen LogP contribution is 1.91. The van der Waals surface area contributed by atoms with Crippen LogP contribution in [0.15, 0.2) is 11.8 Å². The molecule has 2 radical (unpaired) electrons. The Labute approximate surface area is 47.7 Å². The third-order valence-electron chi connectivity index (χ3n) is 0.793. The quantitative estimate of drug-likeness (QED) is 0.446. The summed E-state index contributed by atoms with van der Waals surface area (Å²) in [5, 5.41) is 0. The number of ketones is 1. The molecule has 3 heteroatoms. The lowest BCUT2D eigenvalue weighted by atomic mass is 10.3. The molecule has 0 amide bonds. The van der Waals surface area contributed by atoms with Crippen LogP contribution in [0.25, 0.3) is 0 Å². The summed E-state index contributed by atoms with van der Waals surface area (Å²) in [7, 11) is 0. The van der Waals surface area contributed by atoms with Crippen molar-refractivity contribution in [3.8, 4) is 0 Å². The number of allylic oxidation sites excluding steroid dienone is 1. The van der Waals surface area contributed by atoms with Crippen LogP contribution in [0.1, 0.15) is 6.92 Å². The van der Waals surface area contributed by atoms with Gasteiger partial charge in [-0.2, -0.15) is 0 Å². The standard InChI is InChI=1S/C5H6N2O/c1-4-2-5(8)3-6-7-4/h2,6-7H,1H3. The maximum Gasteiger partial charge on any atom is 0.184 e. The van der Waals surface area contributed by atoms with Crippen LogP contribution in [-0.2, 0) is 4.79 Å². The second kappa shape index (κ2) is 1.96. The lowest BCUT2D eigenvalue weighted by Gasteiger charge is -2.09. The number of hydrogen-bond donors (Lipinski definition) is 2.